The predicted octanol–water partition coefficient (Wildman–Crippen LogP) is -0.574. The van der Waals surface area contributed by atoms with E-state index in [1.807, 2.05) is 0 Å². The van der Waals surface area contributed by atoms with Crippen molar-refractivity contribution in [3.63, 3.8) is 0 Å². The first kappa shape index (κ1) is 12.9. The molecular formula is C10H18N2O4. The molecule has 3 N–H and O–H groups in total. The number of carboxylic acid groups (broad SMARTS) is 1. The highest BCUT2D eigenvalue weighted by molar-refractivity contribution is 5.84. The Balaban J connectivity index is 2.52. The zero-order valence-electron chi connectivity index (χ0n) is 9.39. The van der Waals surface area contributed by atoms with Crippen LogP contribution in [0.1, 0.15) is 19.8 Å². The maximum Gasteiger partial charge on any atom is 0.323 e. The highest BCUT2D eigenvalue weighted by atomic mass is 16.5. The minimum atomic E-state index is -1.01. The smallest absolute Gasteiger partial charge is 0.323 e. The molecule has 6 heteroatoms. The first-order chi connectivity index (χ1) is 7.58. The van der Waals surface area contributed by atoms with E-state index >= 15 is 0 Å². The molecule has 0 aromatic heterocycles. The fourth-order valence-electron chi connectivity index (χ4n) is 1.77. The summed E-state index contributed by atoms with van der Waals surface area (Å²) >= 11 is 0. The summed E-state index contributed by atoms with van der Waals surface area (Å²) in [5.41, 5.74) is 5.44. The molecule has 1 amide bonds. The molecule has 1 saturated heterocycles. The lowest BCUT2D eigenvalue weighted by molar-refractivity contribution is -0.149. The minimum absolute atomic E-state index is 0.0718. The van der Waals surface area contributed by atoms with Crippen molar-refractivity contribution in [2.24, 2.45) is 5.73 Å². The van der Waals surface area contributed by atoms with Crippen LogP contribution in [0.5, 0.6) is 0 Å². The fraction of sp³-hybridized carbons (Fsp3) is 0.800. The van der Waals surface area contributed by atoms with Gasteiger partial charge < -0.3 is 20.5 Å². The topological polar surface area (TPSA) is 92.9 Å². The maximum atomic E-state index is 11.9. The third-order valence-electron chi connectivity index (χ3n) is 2.67. The SMILES string of the molecule is CCN(CC(=O)O)C(=O)C1CCC(CN)O1. The highest BCUT2D eigenvalue weighted by Gasteiger charge is 2.32. The van der Waals surface area contributed by atoms with Gasteiger partial charge in [0.15, 0.2) is 0 Å². The van der Waals surface area contributed by atoms with Gasteiger partial charge in [0.2, 0.25) is 0 Å². The molecule has 1 aliphatic rings. The van der Waals surface area contributed by atoms with Gasteiger partial charge in [-0.1, -0.05) is 0 Å². The van der Waals surface area contributed by atoms with Gasteiger partial charge in [0.25, 0.3) is 5.91 Å². The number of nitrogens with zero attached hydrogens (tertiary/aromatic N) is 1. The van der Waals surface area contributed by atoms with E-state index in [1.54, 1.807) is 6.92 Å². The van der Waals surface area contributed by atoms with Gasteiger partial charge in [-0.2, -0.15) is 0 Å². The number of rotatable bonds is 5. The standard InChI is InChI=1S/C10H18N2O4/c1-2-12(6-9(13)14)10(15)8-4-3-7(5-11)16-8/h7-8H,2-6,11H2,1H3,(H,13,14). The number of nitrogens with two attached hydrogens (primary N) is 1. The van der Waals surface area contributed by atoms with Gasteiger partial charge in [0, 0.05) is 13.1 Å². The lowest BCUT2D eigenvalue weighted by Crippen LogP contribution is -2.42. The second-order valence-corrected chi connectivity index (χ2v) is 3.81. The van der Waals surface area contributed by atoms with E-state index in [9.17, 15) is 9.59 Å². The van der Waals surface area contributed by atoms with Crippen LogP contribution in [0.3, 0.4) is 0 Å². The largest absolute Gasteiger partial charge is 0.480 e. The van der Waals surface area contributed by atoms with Crippen molar-refractivity contribution in [3.05, 3.63) is 0 Å². The molecule has 1 aliphatic heterocycles. The minimum Gasteiger partial charge on any atom is -0.480 e. The zero-order valence-corrected chi connectivity index (χ0v) is 9.39. The van der Waals surface area contributed by atoms with Crippen LogP contribution in [0.25, 0.3) is 0 Å². The first-order valence-corrected chi connectivity index (χ1v) is 5.44. The number of amides is 1. The van der Waals surface area contributed by atoms with Gasteiger partial charge in [0.1, 0.15) is 12.6 Å². The summed E-state index contributed by atoms with van der Waals surface area (Å²) in [6.07, 6.45) is 0.791. The average molecular weight is 230 g/mol. The lowest BCUT2D eigenvalue weighted by atomic mass is 10.2. The molecule has 0 aliphatic carbocycles. The van der Waals surface area contributed by atoms with Crippen LogP contribution in [0, 0.1) is 0 Å². The molecule has 0 bridgehead atoms. The molecular weight excluding hydrogens is 212 g/mol. The van der Waals surface area contributed by atoms with Gasteiger partial charge in [-0.15, -0.1) is 0 Å². The van der Waals surface area contributed by atoms with Gasteiger partial charge in [0.05, 0.1) is 6.10 Å². The van der Waals surface area contributed by atoms with Gasteiger partial charge >= 0.3 is 5.97 Å². The van der Waals surface area contributed by atoms with E-state index < -0.39 is 12.1 Å². The molecule has 0 spiro atoms. The van der Waals surface area contributed by atoms with Crippen molar-refractivity contribution in [3.8, 4) is 0 Å². The fourth-order valence-corrected chi connectivity index (χ4v) is 1.77. The monoisotopic (exact) mass is 230 g/mol. The van der Waals surface area contributed by atoms with Crippen molar-refractivity contribution >= 4 is 11.9 Å². The van der Waals surface area contributed by atoms with Crippen LogP contribution in [0.2, 0.25) is 0 Å². The molecule has 0 saturated carbocycles. The number of carbonyl (C=O) groups is 2. The summed E-state index contributed by atoms with van der Waals surface area (Å²) in [6, 6.07) is 0. The van der Waals surface area contributed by atoms with Crippen LogP contribution in [0.15, 0.2) is 0 Å². The van der Waals surface area contributed by atoms with E-state index in [0.717, 1.165) is 6.42 Å². The molecule has 1 heterocycles. The number of carbonyl (C=O) groups excluding carboxylic acids is 1. The Morgan fingerprint density at radius 1 is 1.50 bits per heavy atom. The Labute approximate surface area is 94.3 Å². The van der Waals surface area contributed by atoms with E-state index in [2.05, 4.69) is 0 Å². The summed E-state index contributed by atoms with van der Waals surface area (Å²) in [6.45, 7) is 2.24. The number of likely N-dealkylation sites (N-methyl/N-ethyl adjacent to an activating group) is 1. The molecule has 2 unspecified atom stereocenters. The molecule has 1 fully saturated rings. The normalized spacial score (nSPS) is 24.4. The van der Waals surface area contributed by atoms with Crippen molar-refractivity contribution < 1.29 is 19.4 Å². The second-order valence-electron chi connectivity index (χ2n) is 3.81. The number of hydrogen-bond donors (Lipinski definition) is 2. The van der Waals surface area contributed by atoms with Crippen molar-refractivity contribution in [1.82, 2.24) is 4.90 Å². The van der Waals surface area contributed by atoms with E-state index in [-0.39, 0.29) is 18.6 Å². The van der Waals surface area contributed by atoms with Crippen LogP contribution >= 0.6 is 0 Å². The van der Waals surface area contributed by atoms with E-state index in [1.165, 1.54) is 4.90 Å². The Morgan fingerprint density at radius 2 is 2.19 bits per heavy atom. The molecule has 0 aromatic rings. The first-order valence-electron chi connectivity index (χ1n) is 5.44. The van der Waals surface area contributed by atoms with Crippen LogP contribution in [-0.4, -0.2) is 53.7 Å². The number of carboxylic acids is 1. The van der Waals surface area contributed by atoms with Crippen LogP contribution < -0.4 is 5.73 Å². The molecule has 1 rings (SSSR count). The Hall–Kier alpha value is -1.14. The van der Waals surface area contributed by atoms with Gasteiger partial charge in [-0.05, 0) is 19.8 Å². The summed E-state index contributed by atoms with van der Waals surface area (Å²) < 4.78 is 5.43. The number of ether oxygens (including phenoxy) is 1. The van der Waals surface area contributed by atoms with Gasteiger partial charge in [-0.25, -0.2) is 0 Å². The molecule has 2 atom stereocenters. The van der Waals surface area contributed by atoms with Crippen LogP contribution in [0.4, 0.5) is 0 Å². The molecule has 92 valence electrons. The third kappa shape index (κ3) is 3.18. The van der Waals surface area contributed by atoms with Crippen LogP contribution in [-0.2, 0) is 14.3 Å². The second kappa shape index (κ2) is 5.81. The quantitative estimate of drug-likeness (QED) is 0.659. The van der Waals surface area contributed by atoms with Crippen molar-refractivity contribution in [1.29, 1.82) is 0 Å². The van der Waals surface area contributed by atoms with Crippen molar-refractivity contribution in [2.75, 3.05) is 19.6 Å². The number of aliphatic carboxylic acids is 1. The molecule has 0 aromatic carbocycles. The summed E-state index contributed by atoms with van der Waals surface area (Å²) in [5.74, 6) is -1.26. The Bertz CT molecular complexity index is 270. The molecule has 6 nitrogen and oxygen atoms in total. The van der Waals surface area contributed by atoms with E-state index in [0.29, 0.717) is 19.5 Å². The highest BCUT2D eigenvalue weighted by Crippen LogP contribution is 2.20. The lowest BCUT2D eigenvalue weighted by Gasteiger charge is -2.22. The average Bonchev–Trinajstić information content (AvgIpc) is 2.73. The van der Waals surface area contributed by atoms with E-state index in [4.69, 9.17) is 15.6 Å². The Kier molecular flexibility index (Phi) is 4.70. The van der Waals surface area contributed by atoms with Gasteiger partial charge in [-0.3, -0.25) is 9.59 Å². The predicted molar refractivity (Wildman–Crippen MR) is 56.8 cm³/mol. The third-order valence-corrected chi connectivity index (χ3v) is 2.67. The maximum absolute atomic E-state index is 11.9. The molecule has 16 heavy (non-hydrogen) atoms. The summed E-state index contributed by atoms with van der Waals surface area (Å²) in [4.78, 5) is 23.7. The molecule has 0 radical (unpaired) electrons. The zero-order chi connectivity index (χ0) is 12.1. The van der Waals surface area contributed by atoms with Crippen molar-refractivity contribution in [2.45, 2.75) is 32.0 Å². The summed E-state index contributed by atoms with van der Waals surface area (Å²) in [5, 5.41) is 8.65. The Morgan fingerprint density at radius 3 is 2.62 bits per heavy atom. The number of hydrogen-bond acceptors (Lipinski definition) is 4. The summed E-state index contributed by atoms with van der Waals surface area (Å²) in [7, 11) is 0.